The van der Waals surface area contributed by atoms with Crippen LogP contribution in [0.2, 0.25) is 0 Å². The lowest BCUT2D eigenvalue weighted by Gasteiger charge is -2.30. The van der Waals surface area contributed by atoms with E-state index in [0.29, 0.717) is 6.61 Å². The molecule has 1 aliphatic rings. The summed E-state index contributed by atoms with van der Waals surface area (Å²) in [7, 11) is 0. The zero-order valence-electron chi connectivity index (χ0n) is 9.21. The Bertz CT molecular complexity index is 215. The summed E-state index contributed by atoms with van der Waals surface area (Å²) in [6.45, 7) is 4.08. The summed E-state index contributed by atoms with van der Waals surface area (Å²) < 4.78 is 4.76. The third-order valence-corrected chi connectivity index (χ3v) is 3.24. The van der Waals surface area contributed by atoms with Crippen LogP contribution in [0, 0.1) is 5.41 Å². The third kappa shape index (κ3) is 3.94. The molecule has 0 unspecified atom stereocenters. The van der Waals surface area contributed by atoms with Crippen LogP contribution in [0.15, 0.2) is 12.7 Å². The molecule has 0 heterocycles. The summed E-state index contributed by atoms with van der Waals surface area (Å²) in [6.07, 6.45) is 8.57. The Kier molecular flexibility index (Phi) is 4.66. The predicted molar refractivity (Wildman–Crippen MR) is 58.9 cm³/mol. The summed E-state index contributed by atoms with van der Waals surface area (Å²) >= 11 is 0. The molecule has 1 N–H and O–H groups in total. The molecule has 1 fully saturated rings. The smallest absolute Gasteiger partial charge is 0.450 e. The van der Waals surface area contributed by atoms with Crippen LogP contribution in [0.5, 0.6) is 0 Å². The maximum Gasteiger partial charge on any atom is 0.505 e. The average Bonchev–Trinajstić information content (AvgIpc) is 2.42. The number of allylic oxidation sites excluding steroid dienone is 1. The number of carbonyl (C=O) groups is 1. The van der Waals surface area contributed by atoms with Gasteiger partial charge >= 0.3 is 6.16 Å². The Morgan fingerprint density at radius 3 is 2.40 bits per heavy atom. The molecular formula is C12H20O3. The summed E-state index contributed by atoms with van der Waals surface area (Å²) in [6, 6.07) is 0. The molecule has 0 bridgehead atoms. The van der Waals surface area contributed by atoms with Crippen LogP contribution < -0.4 is 0 Å². The highest BCUT2D eigenvalue weighted by Gasteiger charge is 2.31. The lowest BCUT2D eigenvalue weighted by Crippen LogP contribution is -2.27. The van der Waals surface area contributed by atoms with E-state index in [2.05, 4.69) is 6.58 Å². The first-order chi connectivity index (χ1) is 7.18. The summed E-state index contributed by atoms with van der Waals surface area (Å²) in [4.78, 5) is 10.4. The van der Waals surface area contributed by atoms with E-state index in [1.807, 2.05) is 6.08 Å². The summed E-state index contributed by atoms with van der Waals surface area (Å²) in [5.74, 6) is 0. The van der Waals surface area contributed by atoms with Gasteiger partial charge in [0.15, 0.2) is 0 Å². The molecule has 0 aliphatic heterocycles. The van der Waals surface area contributed by atoms with Gasteiger partial charge in [-0.2, -0.15) is 0 Å². The van der Waals surface area contributed by atoms with Crippen molar-refractivity contribution in [2.75, 3.05) is 6.61 Å². The largest absolute Gasteiger partial charge is 0.505 e. The second-order valence-corrected chi connectivity index (χ2v) is 4.46. The van der Waals surface area contributed by atoms with Crippen molar-refractivity contribution < 1.29 is 14.6 Å². The fraction of sp³-hybridized carbons (Fsp3) is 0.750. The lowest BCUT2D eigenvalue weighted by molar-refractivity contribution is 0.0390. The fourth-order valence-electron chi connectivity index (χ4n) is 2.41. The molecule has 0 amide bonds. The minimum Gasteiger partial charge on any atom is -0.450 e. The standard InChI is InChI=1S/C12H20O3/c1-2-7-12(10-15-11(13)14)8-5-3-4-6-9-12/h2H,1,3-10H2,(H,13,14). The monoisotopic (exact) mass is 212 g/mol. The van der Waals surface area contributed by atoms with Crippen LogP contribution in [0.3, 0.4) is 0 Å². The zero-order chi connectivity index (χ0) is 11.1. The third-order valence-electron chi connectivity index (χ3n) is 3.24. The van der Waals surface area contributed by atoms with Crippen molar-refractivity contribution in [1.29, 1.82) is 0 Å². The maximum atomic E-state index is 10.4. The van der Waals surface area contributed by atoms with Crippen LogP contribution in [0.4, 0.5) is 4.79 Å². The molecule has 1 saturated carbocycles. The maximum absolute atomic E-state index is 10.4. The molecule has 0 aromatic carbocycles. The van der Waals surface area contributed by atoms with Gasteiger partial charge in [0.1, 0.15) is 6.61 Å². The highest BCUT2D eigenvalue weighted by molar-refractivity contribution is 5.56. The molecular weight excluding hydrogens is 192 g/mol. The second kappa shape index (κ2) is 5.79. The van der Waals surface area contributed by atoms with E-state index in [-0.39, 0.29) is 5.41 Å². The van der Waals surface area contributed by atoms with E-state index >= 15 is 0 Å². The van der Waals surface area contributed by atoms with Gasteiger partial charge in [-0.25, -0.2) is 4.79 Å². The van der Waals surface area contributed by atoms with Crippen LogP contribution in [-0.4, -0.2) is 17.9 Å². The molecule has 0 atom stereocenters. The van der Waals surface area contributed by atoms with E-state index < -0.39 is 6.16 Å². The van der Waals surface area contributed by atoms with E-state index in [0.717, 1.165) is 19.3 Å². The number of rotatable bonds is 4. The van der Waals surface area contributed by atoms with Crippen LogP contribution in [-0.2, 0) is 4.74 Å². The Hall–Kier alpha value is -0.990. The Balaban J connectivity index is 2.57. The predicted octanol–water partition coefficient (Wildman–Crippen LogP) is 3.60. The minimum atomic E-state index is -1.16. The van der Waals surface area contributed by atoms with Gasteiger partial charge in [0, 0.05) is 5.41 Å². The van der Waals surface area contributed by atoms with Gasteiger partial charge < -0.3 is 9.84 Å². The molecule has 0 aromatic rings. The van der Waals surface area contributed by atoms with Gasteiger partial charge in [-0.15, -0.1) is 6.58 Å². The van der Waals surface area contributed by atoms with Gasteiger partial charge in [0.05, 0.1) is 0 Å². The Labute approximate surface area is 91.1 Å². The van der Waals surface area contributed by atoms with Crippen molar-refractivity contribution in [2.24, 2.45) is 5.41 Å². The van der Waals surface area contributed by atoms with Crippen molar-refractivity contribution in [1.82, 2.24) is 0 Å². The molecule has 0 aromatic heterocycles. The number of ether oxygens (including phenoxy) is 1. The molecule has 1 aliphatic carbocycles. The van der Waals surface area contributed by atoms with Crippen molar-refractivity contribution in [3.63, 3.8) is 0 Å². The van der Waals surface area contributed by atoms with Crippen LogP contribution >= 0.6 is 0 Å². The number of hydrogen-bond donors (Lipinski definition) is 1. The van der Waals surface area contributed by atoms with Crippen LogP contribution in [0.1, 0.15) is 44.9 Å². The quantitative estimate of drug-likeness (QED) is 0.440. The van der Waals surface area contributed by atoms with Gasteiger partial charge in [-0.3, -0.25) is 0 Å². The van der Waals surface area contributed by atoms with E-state index in [1.54, 1.807) is 0 Å². The molecule has 15 heavy (non-hydrogen) atoms. The lowest BCUT2D eigenvalue weighted by atomic mass is 9.78. The Morgan fingerprint density at radius 1 is 1.33 bits per heavy atom. The molecule has 0 spiro atoms. The Morgan fingerprint density at radius 2 is 1.93 bits per heavy atom. The van der Waals surface area contributed by atoms with Gasteiger partial charge in [-0.1, -0.05) is 31.8 Å². The van der Waals surface area contributed by atoms with Crippen molar-refractivity contribution in [2.45, 2.75) is 44.9 Å². The first-order valence-electron chi connectivity index (χ1n) is 5.65. The zero-order valence-corrected chi connectivity index (χ0v) is 9.21. The van der Waals surface area contributed by atoms with E-state index in [4.69, 9.17) is 9.84 Å². The molecule has 3 heteroatoms. The van der Waals surface area contributed by atoms with E-state index in [1.165, 1.54) is 25.7 Å². The number of carboxylic acid groups (broad SMARTS) is 1. The molecule has 3 nitrogen and oxygen atoms in total. The highest BCUT2D eigenvalue weighted by Crippen LogP contribution is 2.38. The van der Waals surface area contributed by atoms with Crippen molar-refractivity contribution in [3.05, 3.63) is 12.7 Å². The highest BCUT2D eigenvalue weighted by atomic mass is 16.7. The molecule has 0 radical (unpaired) electrons. The first kappa shape index (κ1) is 12.1. The topological polar surface area (TPSA) is 46.5 Å². The van der Waals surface area contributed by atoms with Gasteiger partial charge in [0.2, 0.25) is 0 Å². The minimum absolute atomic E-state index is 0.0244. The van der Waals surface area contributed by atoms with Crippen molar-refractivity contribution in [3.8, 4) is 0 Å². The molecule has 1 rings (SSSR count). The number of hydrogen-bond acceptors (Lipinski definition) is 2. The summed E-state index contributed by atoms with van der Waals surface area (Å²) in [5.41, 5.74) is 0.0244. The average molecular weight is 212 g/mol. The molecule has 86 valence electrons. The normalized spacial score (nSPS) is 20.3. The molecule has 0 saturated heterocycles. The second-order valence-electron chi connectivity index (χ2n) is 4.46. The van der Waals surface area contributed by atoms with Gasteiger partial charge in [-0.05, 0) is 19.3 Å². The van der Waals surface area contributed by atoms with Crippen LogP contribution in [0.25, 0.3) is 0 Å². The SMILES string of the molecule is C=CCC1(COC(=O)O)CCCCCC1. The van der Waals surface area contributed by atoms with Crippen molar-refractivity contribution >= 4 is 6.16 Å². The fourth-order valence-corrected chi connectivity index (χ4v) is 2.41. The van der Waals surface area contributed by atoms with Gasteiger partial charge in [0.25, 0.3) is 0 Å². The first-order valence-corrected chi connectivity index (χ1v) is 5.65. The summed E-state index contributed by atoms with van der Waals surface area (Å²) in [5, 5.41) is 8.55. The van der Waals surface area contributed by atoms with E-state index in [9.17, 15) is 4.79 Å².